The number of piperidine rings is 1. The average molecular weight is 400 g/mol. The Bertz CT molecular complexity index is 836. The van der Waals surface area contributed by atoms with Crippen molar-refractivity contribution in [2.75, 3.05) is 26.3 Å². The van der Waals surface area contributed by atoms with Crippen molar-refractivity contribution in [1.82, 2.24) is 14.5 Å². The Kier molecular flexibility index (Phi) is 6.28. The Hall–Kier alpha value is -2.21. The molecular formula is C23H30FN3O2. The summed E-state index contributed by atoms with van der Waals surface area (Å²) < 4.78 is 21.3. The largest absolute Gasteiger partial charge is 0.381 e. The first kappa shape index (κ1) is 20.1. The van der Waals surface area contributed by atoms with Gasteiger partial charge in [-0.1, -0.05) is 12.1 Å². The molecule has 29 heavy (non-hydrogen) atoms. The Balaban J connectivity index is 1.32. The topological polar surface area (TPSA) is 47.4 Å². The lowest BCUT2D eigenvalue weighted by Gasteiger charge is -2.33. The number of likely N-dealkylation sites (tertiary alicyclic amines) is 1. The quantitative estimate of drug-likeness (QED) is 0.770. The van der Waals surface area contributed by atoms with E-state index in [-0.39, 0.29) is 18.1 Å². The predicted molar refractivity (Wildman–Crippen MR) is 109 cm³/mol. The molecule has 5 nitrogen and oxygen atoms in total. The van der Waals surface area contributed by atoms with E-state index < -0.39 is 0 Å². The number of aryl methyl sites for hydroxylation is 1. The van der Waals surface area contributed by atoms with E-state index in [9.17, 15) is 9.18 Å². The molecule has 156 valence electrons. The summed E-state index contributed by atoms with van der Waals surface area (Å²) in [5.41, 5.74) is 1.96. The van der Waals surface area contributed by atoms with E-state index in [1.165, 1.54) is 23.7 Å². The third-order valence-corrected chi connectivity index (χ3v) is 6.32. The van der Waals surface area contributed by atoms with E-state index in [1.807, 2.05) is 17.2 Å². The van der Waals surface area contributed by atoms with Crippen molar-refractivity contribution in [2.45, 2.75) is 51.5 Å². The van der Waals surface area contributed by atoms with Crippen LogP contribution < -0.4 is 0 Å². The number of carbonyl (C=O) groups is 1. The number of hydrogen-bond acceptors (Lipinski definition) is 3. The Morgan fingerprint density at radius 1 is 1.21 bits per heavy atom. The van der Waals surface area contributed by atoms with Gasteiger partial charge in [0.2, 0.25) is 5.91 Å². The van der Waals surface area contributed by atoms with Crippen molar-refractivity contribution in [3.63, 3.8) is 0 Å². The smallest absolute Gasteiger partial charge is 0.226 e. The van der Waals surface area contributed by atoms with Crippen molar-refractivity contribution in [2.24, 2.45) is 5.92 Å². The first-order valence-electron chi connectivity index (χ1n) is 10.7. The van der Waals surface area contributed by atoms with Crippen LogP contribution in [0.25, 0.3) is 0 Å². The second kappa shape index (κ2) is 9.08. The lowest BCUT2D eigenvalue weighted by atomic mass is 9.95. The highest BCUT2D eigenvalue weighted by Gasteiger charge is 2.26. The zero-order valence-corrected chi connectivity index (χ0v) is 17.1. The number of halogens is 1. The number of hydrogen-bond donors (Lipinski definition) is 0. The van der Waals surface area contributed by atoms with Crippen LogP contribution in [-0.2, 0) is 22.5 Å². The highest BCUT2D eigenvalue weighted by molar-refractivity contribution is 5.78. The Labute approximate surface area is 171 Å². The summed E-state index contributed by atoms with van der Waals surface area (Å²) in [5.74, 6) is 2.06. The molecular weight excluding hydrogens is 369 g/mol. The lowest BCUT2D eigenvalue weighted by Crippen LogP contribution is -2.40. The van der Waals surface area contributed by atoms with Crippen LogP contribution in [0.4, 0.5) is 4.39 Å². The zero-order chi connectivity index (χ0) is 20.2. The molecule has 0 aliphatic carbocycles. The fourth-order valence-corrected chi connectivity index (χ4v) is 4.56. The molecule has 2 fully saturated rings. The van der Waals surface area contributed by atoms with Gasteiger partial charge in [-0.05, 0) is 56.2 Å². The van der Waals surface area contributed by atoms with Crippen LogP contribution >= 0.6 is 0 Å². The molecule has 2 saturated heterocycles. The van der Waals surface area contributed by atoms with Crippen molar-refractivity contribution in [3.05, 3.63) is 53.4 Å². The minimum Gasteiger partial charge on any atom is -0.381 e. The van der Waals surface area contributed by atoms with E-state index in [0.29, 0.717) is 11.8 Å². The van der Waals surface area contributed by atoms with Gasteiger partial charge in [-0.2, -0.15) is 0 Å². The second-order valence-corrected chi connectivity index (χ2v) is 8.39. The third-order valence-electron chi connectivity index (χ3n) is 6.32. The fourth-order valence-electron chi connectivity index (χ4n) is 4.56. The van der Waals surface area contributed by atoms with E-state index >= 15 is 0 Å². The first-order valence-corrected chi connectivity index (χ1v) is 10.7. The van der Waals surface area contributed by atoms with E-state index in [2.05, 4.69) is 11.5 Å². The van der Waals surface area contributed by atoms with Gasteiger partial charge < -0.3 is 14.2 Å². The van der Waals surface area contributed by atoms with E-state index in [4.69, 9.17) is 9.72 Å². The van der Waals surface area contributed by atoms with Crippen LogP contribution in [0.2, 0.25) is 0 Å². The summed E-state index contributed by atoms with van der Waals surface area (Å²) in [5, 5.41) is 0. The summed E-state index contributed by atoms with van der Waals surface area (Å²) in [4.78, 5) is 19.2. The van der Waals surface area contributed by atoms with Gasteiger partial charge in [0, 0.05) is 50.7 Å². The molecule has 6 heteroatoms. The van der Waals surface area contributed by atoms with Crippen LogP contribution in [-0.4, -0.2) is 46.7 Å². The van der Waals surface area contributed by atoms with Gasteiger partial charge in [0.05, 0.1) is 6.42 Å². The lowest BCUT2D eigenvalue weighted by molar-refractivity contribution is -0.131. The molecule has 0 bridgehead atoms. The molecule has 3 heterocycles. The Morgan fingerprint density at radius 3 is 2.69 bits per heavy atom. The summed E-state index contributed by atoms with van der Waals surface area (Å²) >= 11 is 0. The zero-order valence-electron chi connectivity index (χ0n) is 17.1. The average Bonchev–Trinajstić information content (AvgIpc) is 3.09. The number of ether oxygens (including phenoxy) is 1. The molecule has 0 N–H and O–H groups in total. The highest BCUT2D eigenvalue weighted by atomic mass is 19.1. The van der Waals surface area contributed by atoms with Gasteiger partial charge >= 0.3 is 0 Å². The molecule has 0 radical (unpaired) electrons. The molecule has 1 aromatic carbocycles. The summed E-state index contributed by atoms with van der Waals surface area (Å²) in [6, 6.07) is 6.33. The summed E-state index contributed by atoms with van der Waals surface area (Å²) in [6.07, 6.45) is 6.35. The molecule has 4 rings (SSSR count). The van der Waals surface area contributed by atoms with Gasteiger partial charge in [-0.25, -0.2) is 9.37 Å². The van der Waals surface area contributed by atoms with Crippen LogP contribution in [0.1, 0.15) is 48.7 Å². The number of nitrogens with zero attached hydrogens (tertiary/aromatic N) is 3. The normalized spacial score (nSPS) is 18.9. The maximum absolute atomic E-state index is 13.4. The maximum atomic E-state index is 13.4. The van der Waals surface area contributed by atoms with Gasteiger partial charge in [-0.3, -0.25) is 4.79 Å². The molecule has 2 aliphatic rings. The number of imidazole rings is 1. The molecule has 1 aromatic heterocycles. The van der Waals surface area contributed by atoms with Crippen LogP contribution in [0.15, 0.2) is 30.5 Å². The molecule has 1 amide bonds. The predicted octanol–water partition coefficient (Wildman–Crippen LogP) is 3.71. The molecule has 0 unspecified atom stereocenters. The van der Waals surface area contributed by atoms with Crippen LogP contribution in [0, 0.1) is 18.7 Å². The molecule has 0 spiro atoms. The number of rotatable bonds is 5. The van der Waals surface area contributed by atoms with Gasteiger partial charge in [0.15, 0.2) is 0 Å². The van der Waals surface area contributed by atoms with Crippen molar-refractivity contribution >= 4 is 5.91 Å². The van der Waals surface area contributed by atoms with Crippen molar-refractivity contribution in [1.29, 1.82) is 0 Å². The molecule has 2 aliphatic heterocycles. The van der Waals surface area contributed by atoms with Gasteiger partial charge in [0.25, 0.3) is 0 Å². The number of benzene rings is 1. The third kappa shape index (κ3) is 4.86. The van der Waals surface area contributed by atoms with E-state index in [0.717, 1.165) is 64.1 Å². The molecule has 2 aromatic rings. The minimum atomic E-state index is -0.287. The monoisotopic (exact) mass is 399 g/mol. The molecule has 0 atom stereocenters. The van der Waals surface area contributed by atoms with Crippen LogP contribution in [0.3, 0.4) is 0 Å². The summed E-state index contributed by atoms with van der Waals surface area (Å²) in [6.45, 7) is 6.31. The minimum absolute atomic E-state index is 0.0933. The van der Waals surface area contributed by atoms with Gasteiger partial charge in [0.1, 0.15) is 11.6 Å². The standard InChI is InChI=1S/C23H30FN3O2/c1-17-15-25-23(20-7-11-29-12-8-20)27(17)16-18-5-9-26(10-6-18)22(28)14-19-3-2-4-21(24)13-19/h2-4,13,15,18,20H,5-12,14,16H2,1H3. The highest BCUT2D eigenvalue weighted by Crippen LogP contribution is 2.29. The van der Waals surface area contributed by atoms with E-state index in [1.54, 1.807) is 6.07 Å². The van der Waals surface area contributed by atoms with Crippen LogP contribution in [0.5, 0.6) is 0 Å². The maximum Gasteiger partial charge on any atom is 0.226 e. The second-order valence-electron chi connectivity index (χ2n) is 8.39. The number of amides is 1. The van der Waals surface area contributed by atoms with Crippen molar-refractivity contribution < 1.29 is 13.9 Å². The number of aromatic nitrogens is 2. The Morgan fingerprint density at radius 2 is 1.97 bits per heavy atom. The fraction of sp³-hybridized carbons (Fsp3) is 0.565. The molecule has 0 saturated carbocycles. The van der Waals surface area contributed by atoms with Crippen molar-refractivity contribution in [3.8, 4) is 0 Å². The van der Waals surface area contributed by atoms with Gasteiger partial charge in [-0.15, -0.1) is 0 Å². The summed E-state index contributed by atoms with van der Waals surface area (Å²) in [7, 11) is 0. The SMILES string of the molecule is Cc1cnc(C2CCOCC2)n1CC1CCN(C(=O)Cc2cccc(F)c2)CC1. The first-order chi connectivity index (χ1) is 14.1. The number of carbonyl (C=O) groups excluding carboxylic acids is 1.